The molecule has 0 spiro atoms. The highest BCUT2D eigenvalue weighted by atomic mass is 31.7. The van der Waals surface area contributed by atoms with E-state index in [0.29, 0.717) is 0 Å². The van der Waals surface area contributed by atoms with Gasteiger partial charge < -0.3 is 0 Å². The molecule has 2 heteroatoms. The van der Waals surface area contributed by atoms with Crippen LogP contribution in [0.4, 0.5) is 0 Å². The van der Waals surface area contributed by atoms with E-state index in [2.05, 4.69) is 15.2 Å². The van der Waals surface area contributed by atoms with Gasteiger partial charge in [-0.25, -0.2) is 0 Å². The van der Waals surface area contributed by atoms with Crippen LogP contribution in [-0.4, -0.2) is 12.3 Å². The van der Waals surface area contributed by atoms with E-state index in [4.69, 9.17) is 0 Å². The van der Waals surface area contributed by atoms with E-state index >= 15 is 0 Å². The molecule has 1 fully saturated rings. The van der Waals surface area contributed by atoms with Crippen LogP contribution in [0.15, 0.2) is 0 Å². The third-order valence-electron chi connectivity index (χ3n) is 1.09. The van der Waals surface area contributed by atoms with E-state index in [-0.39, 0.29) is 7.21 Å². The minimum Gasteiger partial charge on any atom is -0.00514 e. The maximum absolute atomic E-state index is 3.61. The monoisotopic (exact) mass is 119 g/mol. The van der Waals surface area contributed by atoms with Crippen LogP contribution in [-0.2, 0) is 0 Å². The van der Waals surface area contributed by atoms with Crippen molar-refractivity contribution in [3.05, 3.63) is 0 Å². The molecule has 1 rings (SSSR count). The van der Waals surface area contributed by atoms with E-state index in [9.17, 15) is 0 Å². The standard InChI is InChI=1S/C4H9P2/c1-6(5)4-2-3-4/h4-5H,2-3H2,1H3/q+1. The first-order valence-corrected chi connectivity index (χ1v) is 5.45. The number of hydrogen-bond acceptors (Lipinski definition) is 0. The van der Waals surface area contributed by atoms with E-state index in [1.54, 1.807) is 0 Å². The molecule has 0 N–H and O–H groups in total. The van der Waals surface area contributed by atoms with Gasteiger partial charge in [-0.15, -0.1) is 0 Å². The normalized spacial score (nSPS) is 23.8. The van der Waals surface area contributed by atoms with Gasteiger partial charge in [0.1, 0.15) is 21.4 Å². The first-order valence-electron chi connectivity index (χ1n) is 2.25. The van der Waals surface area contributed by atoms with Gasteiger partial charge in [-0.3, -0.25) is 0 Å². The summed E-state index contributed by atoms with van der Waals surface area (Å²) in [6, 6.07) is 0. The third kappa shape index (κ3) is 1.03. The predicted octanol–water partition coefficient (Wildman–Crippen LogP) is 2.32. The molecule has 34 valence electrons. The van der Waals surface area contributed by atoms with Crippen LogP contribution in [0, 0.1) is 0 Å². The third-order valence-corrected chi connectivity index (χ3v) is 3.80. The Morgan fingerprint density at radius 1 is 1.67 bits per heavy atom. The van der Waals surface area contributed by atoms with Crippen LogP contribution in [0.5, 0.6) is 0 Å². The van der Waals surface area contributed by atoms with Gasteiger partial charge in [-0.1, -0.05) is 0 Å². The highest BCUT2D eigenvalue weighted by Gasteiger charge is 2.31. The summed E-state index contributed by atoms with van der Waals surface area (Å²) in [6.07, 6.45) is 2.96. The lowest BCUT2D eigenvalue weighted by Gasteiger charge is -1.68. The minimum absolute atomic E-state index is 0.257. The van der Waals surface area contributed by atoms with Crippen LogP contribution in [0.1, 0.15) is 12.8 Å². The fourth-order valence-corrected chi connectivity index (χ4v) is 2.16. The van der Waals surface area contributed by atoms with Crippen LogP contribution >= 0.6 is 15.7 Å². The Bertz CT molecular complexity index is 73.6. The topological polar surface area (TPSA) is 0 Å². The lowest BCUT2D eigenvalue weighted by atomic mass is 11.0. The minimum atomic E-state index is 0.257. The van der Waals surface area contributed by atoms with Crippen molar-refractivity contribution in [3.8, 4) is 0 Å². The van der Waals surface area contributed by atoms with E-state index < -0.39 is 0 Å². The Morgan fingerprint density at radius 2 is 2.17 bits per heavy atom. The van der Waals surface area contributed by atoms with Gasteiger partial charge in [-0.05, 0) is 12.8 Å². The lowest BCUT2D eigenvalue weighted by Crippen LogP contribution is -1.59. The van der Waals surface area contributed by atoms with E-state index in [0.717, 1.165) is 5.66 Å². The van der Waals surface area contributed by atoms with Crippen molar-refractivity contribution in [2.24, 2.45) is 0 Å². The molecule has 0 aromatic rings. The van der Waals surface area contributed by atoms with Crippen molar-refractivity contribution < 1.29 is 0 Å². The van der Waals surface area contributed by atoms with Crippen molar-refractivity contribution in [2.45, 2.75) is 18.5 Å². The molecular weight excluding hydrogens is 110 g/mol. The Balaban J connectivity index is 2.31. The largest absolute Gasteiger partial charge is 0.119 e. The van der Waals surface area contributed by atoms with Crippen molar-refractivity contribution >= 4 is 15.7 Å². The van der Waals surface area contributed by atoms with Crippen LogP contribution in [0.2, 0.25) is 0 Å². The molecule has 0 amide bonds. The Morgan fingerprint density at radius 3 is 2.17 bits per heavy atom. The molecule has 0 saturated heterocycles. The van der Waals surface area contributed by atoms with Gasteiger partial charge >= 0.3 is 0 Å². The number of rotatable bonds is 1. The fourth-order valence-electron chi connectivity index (χ4n) is 0.462. The zero-order chi connectivity index (χ0) is 4.57. The van der Waals surface area contributed by atoms with Crippen LogP contribution in [0.3, 0.4) is 0 Å². The summed E-state index contributed by atoms with van der Waals surface area (Å²) in [7, 11) is 3.87. The second-order valence-corrected chi connectivity index (χ2v) is 5.91. The molecule has 1 saturated carbocycles. The second kappa shape index (κ2) is 1.60. The van der Waals surface area contributed by atoms with Crippen LogP contribution in [0.25, 0.3) is 0 Å². The molecule has 0 aromatic heterocycles. The quantitative estimate of drug-likeness (QED) is 0.464. The average molecular weight is 119 g/mol. The van der Waals surface area contributed by atoms with Gasteiger partial charge in [-0.2, -0.15) is 0 Å². The molecule has 1 atom stereocenters. The lowest BCUT2D eigenvalue weighted by molar-refractivity contribution is 1.50. The Kier molecular flexibility index (Phi) is 1.27. The molecule has 0 nitrogen and oxygen atoms in total. The first kappa shape index (κ1) is 4.75. The maximum atomic E-state index is 3.61. The van der Waals surface area contributed by atoms with Gasteiger partial charge in [0.05, 0.1) is 6.66 Å². The number of hydrogen-bond donors (Lipinski definition) is 0. The molecule has 0 aliphatic heterocycles. The zero-order valence-electron chi connectivity index (χ0n) is 3.94. The molecule has 0 heterocycles. The Labute approximate surface area is 41.7 Å². The van der Waals surface area contributed by atoms with Crippen molar-refractivity contribution in [1.82, 2.24) is 0 Å². The summed E-state index contributed by atoms with van der Waals surface area (Å²) in [5, 5.41) is 0. The van der Waals surface area contributed by atoms with Gasteiger partial charge in [0.25, 0.3) is 0 Å². The smallest absolute Gasteiger partial charge is 0.00514 e. The summed E-state index contributed by atoms with van der Waals surface area (Å²) >= 11 is 0. The van der Waals surface area contributed by atoms with Gasteiger partial charge in [0, 0.05) is 0 Å². The van der Waals surface area contributed by atoms with Crippen LogP contribution < -0.4 is 0 Å². The summed E-state index contributed by atoms with van der Waals surface area (Å²) in [5.41, 5.74) is 1.08. The Hall–Kier alpha value is 0.600. The molecule has 1 unspecified atom stereocenters. The summed E-state index contributed by atoms with van der Waals surface area (Å²) < 4.78 is 0. The SMILES string of the molecule is C[P+](=P)C1CC1. The van der Waals surface area contributed by atoms with Gasteiger partial charge in [0.2, 0.25) is 0 Å². The first-order chi connectivity index (χ1) is 2.80. The molecule has 0 radical (unpaired) electrons. The van der Waals surface area contributed by atoms with Gasteiger partial charge in [0.15, 0.2) is 0 Å². The maximum Gasteiger partial charge on any atom is 0.119 e. The van der Waals surface area contributed by atoms with E-state index in [1.807, 2.05) is 0 Å². The summed E-state index contributed by atoms with van der Waals surface area (Å²) in [4.78, 5) is 0. The molecular formula is C4H9P2+. The summed E-state index contributed by atoms with van der Waals surface area (Å²) in [5.74, 6) is 0. The fraction of sp³-hybridized carbons (Fsp3) is 1.00. The molecule has 0 bridgehead atoms. The highest BCUT2D eigenvalue weighted by molar-refractivity contribution is 7.86. The van der Waals surface area contributed by atoms with Crippen molar-refractivity contribution in [3.63, 3.8) is 0 Å². The molecule has 6 heavy (non-hydrogen) atoms. The van der Waals surface area contributed by atoms with E-state index in [1.165, 1.54) is 12.8 Å². The van der Waals surface area contributed by atoms with Crippen molar-refractivity contribution in [1.29, 1.82) is 0 Å². The molecule has 1 aliphatic rings. The van der Waals surface area contributed by atoms with Crippen molar-refractivity contribution in [2.75, 3.05) is 6.66 Å². The average Bonchev–Trinajstić information content (AvgIpc) is 2.06. The highest BCUT2D eigenvalue weighted by Crippen LogP contribution is 2.45. The molecule has 1 aliphatic carbocycles. The predicted molar refractivity (Wildman–Crippen MR) is 34.2 cm³/mol. The summed E-state index contributed by atoms with van der Waals surface area (Å²) in [6.45, 7) is 2.28. The zero-order valence-corrected chi connectivity index (χ0v) is 5.83. The second-order valence-electron chi connectivity index (χ2n) is 1.84. The molecule has 0 aromatic carbocycles.